The predicted octanol–water partition coefficient (Wildman–Crippen LogP) is 2.35. The highest BCUT2D eigenvalue weighted by Gasteiger charge is 2.36. The van der Waals surface area contributed by atoms with Crippen molar-refractivity contribution >= 4 is 28.4 Å². The van der Waals surface area contributed by atoms with E-state index in [1.54, 1.807) is 6.07 Å². The number of hydrogen-bond donors (Lipinski definition) is 0. The number of pyridine rings is 1. The van der Waals surface area contributed by atoms with Crippen LogP contribution in [-0.4, -0.2) is 40.2 Å². The molecule has 0 fully saturated rings. The van der Waals surface area contributed by atoms with Crippen molar-refractivity contribution in [2.24, 2.45) is 0 Å². The van der Waals surface area contributed by atoms with E-state index in [1.807, 2.05) is 0 Å². The lowest BCUT2D eigenvalue weighted by molar-refractivity contribution is -0.145. The topological polar surface area (TPSA) is 91.4 Å². The number of tetrazole rings is 1. The molecule has 0 saturated heterocycles. The molecule has 8 nitrogen and oxygen atoms in total. The number of aromatic nitrogens is 7. The second-order valence-corrected chi connectivity index (χ2v) is 5.41. The van der Waals surface area contributed by atoms with Gasteiger partial charge in [0, 0.05) is 6.20 Å². The van der Waals surface area contributed by atoms with Gasteiger partial charge in [-0.3, -0.25) is 4.79 Å². The summed E-state index contributed by atoms with van der Waals surface area (Å²) in [6.45, 7) is -0.266. The van der Waals surface area contributed by atoms with Crippen LogP contribution in [0.25, 0.3) is 5.82 Å². The number of carbonyl (C=O) groups excluding carboxylic acids is 1. The van der Waals surface area contributed by atoms with Crippen LogP contribution in [0, 0.1) is 0 Å². The molecule has 25 heavy (non-hydrogen) atoms. The molecule has 3 aromatic rings. The molecule has 0 N–H and O–H groups in total. The third-order valence-electron chi connectivity index (χ3n) is 2.91. The Balaban J connectivity index is 1.96. The van der Waals surface area contributed by atoms with Gasteiger partial charge in [0.15, 0.2) is 5.82 Å². The van der Waals surface area contributed by atoms with Crippen LogP contribution in [0.1, 0.15) is 22.0 Å². The van der Waals surface area contributed by atoms with E-state index < -0.39 is 17.2 Å². The fraction of sp³-hybridized carbons (Fsp3) is 0.167. The van der Waals surface area contributed by atoms with E-state index in [0.717, 1.165) is 4.68 Å². The van der Waals surface area contributed by atoms with Gasteiger partial charge in [0.25, 0.3) is 11.1 Å². The Kier molecular flexibility index (Phi) is 4.43. The van der Waals surface area contributed by atoms with E-state index in [1.165, 1.54) is 18.3 Å². The normalized spacial score (nSPS) is 11.7. The number of rotatable bonds is 4. The smallest absolute Gasteiger partial charge is 0.274 e. The van der Waals surface area contributed by atoms with Gasteiger partial charge in [-0.1, -0.05) is 11.6 Å². The van der Waals surface area contributed by atoms with Crippen LogP contribution in [0.2, 0.25) is 5.02 Å². The summed E-state index contributed by atoms with van der Waals surface area (Å²) in [5.74, 6) is -1.24. The van der Waals surface area contributed by atoms with Gasteiger partial charge in [0.1, 0.15) is 12.2 Å². The lowest BCUT2D eigenvalue weighted by Gasteiger charge is -2.04. The van der Waals surface area contributed by atoms with Crippen LogP contribution in [0.3, 0.4) is 0 Å². The molecule has 0 aliphatic heterocycles. The fourth-order valence-electron chi connectivity index (χ4n) is 1.91. The summed E-state index contributed by atoms with van der Waals surface area (Å²) in [6.07, 6.45) is -3.28. The van der Waals surface area contributed by atoms with Crippen LogP contribution >= 0.6 is 23.2 Å². The highest BCUT2D eigenvalue weighted by atomic mass is 35.5. The summed E-state index contributed by atoms with van der Waals surface area (Å²) in [5, 5.41) is 12.9. The van der Waals surface area contributed by atoms with E-state index in [0.29, 0.717) is 4.80 Å². The van der Waals surface area contributed by atoms with Gasteiger partial charge in [-0.05, 0) is 35.0 Å². The zero-order valence-electron chi connectivity index (χ0n) is 11.9. The van der Waals surface area contributed by atoms with Crippen LogP contribution in [0.5, 0.6) is 0 Å². The first kappa shape index (κ1) is 17.3. The van der Waals surface area contributed by atoms with Crippen molar-refractivity contribution in [1.29, 1.82) is 0 Å². The first-order valence-corrected chi connectivity index (χ1v) is 7.26. The van der Waals surface area contributed by atoms with E-state index in [9.17, 15) is 18.0 Å². The summed E-state index contributed by atoms with van der Waals surface area (Å²) < 4.78 is 38.6. The summed E-state index contributed by atoms with van der Waals surface area (Å²) in [6, 6.07) is 4.38. The largest absolute Gasteiger partial charge is 0.455 e. The molecule has 0 spiro atoms. The van der Waals surface area contributed by atoms with Gasteiger partial charge in [-0.2, -0.15) is 23.1 Å². The lowest BCUT2D eigenvalue weighted by Crippen LogP contribution is -2.10. The quantitative estimate of drug-likeness (QED) is 0.634. The molecule has 0 unspecified atom stereocenters. The lowest BCUT2D eigenvalue weighted by atomic mass is 10.3. The zero-order valence-corrected chi connectivity index (χ0v) is 13.5. The Morgan fingerprint density at radius 1 is 1.28 bits per heavy atom. The van der Waals surface area contributed by atoms with Crippen molar-refractivity contribution in [3.63, 3.8) is 0 Å². The van der Waals surface area contributed by atoms with Crippen molar-refractivity contribution in [3.05, 3.63) is 46.6 Å². The van der Waals surface area contributed by atoms with Gasteiger partial charge < -0.3 is 0 Å². The van der Waals surface area contributed by atoms with Crippen molar-refractivity contribution in [2.45, 2.75) is 12.7 Å². The molecule has 0 atom stereocenters. The summed E-state index contributed by atoms with van der Waals surface area (Å²) in [5.41, 5.74) is 0.102. The molecule has 0 aliphatic rings. The molecule has 0 saturated carbocycles. The molecule has 3 rings (SSSR count). The van der Waals surface area contributed by atoms with E-state index >= 15 is 0 Å². The Hall–Kier alpha value is -2.53. The Morgan fingerprint density at radius 3 is 2.64 bits per heavy atom. The average molecular weight is 392 g/mol. The van der Waals surface area contributed by atoms with Crippen molar-refractivity contribution in [3.8, 4) is 5.82 Å². The van der Waals surface area contributed by atoms with Crippen molar-refractivity contribution < 1.29 is 18.0 Å². The molecule has 0 bridgehead atoms. The van der Waals surface area contributed by atoms with Crippen LogP contribution in [0.15, 0.2) is 24.4 Å². The van der Waals surface area contributed by atoms with E-state index in [-0.39, 0.29) is 28.8 Å². The minimum Gasteiger partial charge on any atom is -0.274 e. The highest BCUT2D eigenvalue weighted by molar-refractivity contribution is 6.67. The Bertz CT molecular complexity index is 937. The second-order valence-electron chi connectivity index (χ2n) is 4.66. The zero-order chi connectivity index (χ0) is 18.2. The van der Waals surface area contributed by atoms with Crippen LogP contribution in [0.4, 0.5) is 13.2 Å². The molecular formula is C12H6Cl2F3N7O. The number of carbonyl (C=O) groups is 1. The van der Waals surface area contributed by atoms with Crippen molar-refractivity contribution in [2.75, 3.05) is 0 Å². The average Bonchev–Trinajstić information content (AvgIpc) is 3.15. The number of alkyl halides is 3. The maximum Gasteiger partial charge on any atom is 0.455 e. The number of halogens is 5. The molecule has 0 aliphatic carbocycles. The first-order chi connectivity index (χ1) is 11.8. The molecule has 0 radical (unpaired) electrons. The molecule has 0 aromatic carbocycles. The van der Waals surface area contributed by atoms with Gasteiger partial charge in [-0.15, -0.1) is 10.2 Å². The molecule has 3 aromatic heterocycles. The van der Waals surface area contributed by atoms with Gasteiger partial charge in [0.2, 0.25) is 0 Å². The monoisotopic (exact) mass is 391 g/mol. The third kappa shape index (κ3) is 3.61. The molecule has 0 amide bonds. The SMILES string of the molecule is O=C(Cl)c1cc(Cn2nnc(C(F)(F)F)n2)nn1-c1ncccc1Cl. The number of nitrogens with zero attached hydrogens (tertiary/aromatic N) is 7. The molecule has 13 heteroatoms. The third-order valence-corrected chi connectivity index (χ3v) is 3.40. The maximum absolute atomic E-state index is 12.5. The Morgan fingerprint density at radius 2 is 2.04 bits per heavy atom. The minimum absolute atomic E-state index is 0.0616. The second kappa shape index (κ2) is 6.41. The van der Waals surface area contributed by atoms with Crippen LogP contribution in [-0.2, 0) is 12.7 Å². The summed E-state index contributed by atoms with van der Waals surface area (Å²) in [4.78, 5) is 16.3. The van der Waals surface area contributed by atoms with Gasteiger partial charge >= 0.3 is 6.18 Å². The van der Waals surface area contributed by atoms with Gasteiger partial charge in [0.05, 0.1) is 10.7 Å². The maximum atomic E-state index is 12.5. The Labute approximate surface area is 147 Å². The van der Waals surface area contributed by atoms with Crippen LogP contribution < -0.4 is 0 Å². The number of hydrogen-bond acceptors (Lipinski definition) is 6. The molecular weight excluding hydrogens is 386 g/mol. The van der Waals surface area contributed by atoms with E-state index in [2.05, 4.69) is 25.5 Å². The van der Waals surface area contributed by atoms with Gasteiger partial charge in [-0.25, -0.2) is 9.67 Å². The standard InChI is InChI=1S/C12H6Cl2F3N7O/c13-7-2-1-3-18-10(7)24-8(9(14)25)4-6(20-24)5-23-21-11(19-22-23)12(15,16)17/h1-4H,5H2. The minimum atomic E-state index is -4.71. The fourth-order valence-corrected chi connectivity index (χ4v) is 2.25. The molecule has 130 valence electrons. The molecule has 3 heterocycles. The summed E-state index contributed by atoms with van der Waals surface area (Å²) >= 11 is 11.5. The van der Waals surface area contributed by atoms with Crippen molar-refractivity contribution in [1.82, 2.24) is 35.0 Å². The summed E-state index contributed by atoms with van der Waals surface area (Å²) in [7, 11) is 0. The van der Waals surface area contributed by atoms with E-state index in [4.69, 9.17) is 23.2 Å². The first-order valence-electron chi connectivity index (χ1n) is 6.50. The predicted molar refractivity (Wildman–Crippen MR) is 78.5 cm³/mol. The highest BCUT2D eigenvalue weighted by Crippen LogP contribution is 2.25.